The van der Waals surface area contributed by atoms with Gasteiger partial charge in [-0.2, -0.15) is 0 Å². The molecule has 1 aromatic rings. The Kier molecular flexibility index (Phi) is 11.9. The van der Waals surface area contributed by atoms with Gasteiger partial charge < -0.3 is 40.2 Å². The first-order valence-electron chi connectivity index (χ1n) is 13.2. The molecule has 4 atom stereocenters. The van der Waals surface area contributed by atoms with Crippen molar-refractivity contribution in [1.29, 1.82) is 0 Å². The van der Waals surface area contributed by atoms with Crippen molar-refractivity contribution in [3.05, 3.63) is 34.6 Å². The topological polar surface area (TPSA) is 121 Å². The molecule has 2 aliphatic heterocycles. The first-order chi connectivity index (χ1) is 18.3. The molecule has 214 valence electrons. The maximum absolute atomic E-state index is 15.1. The predicted molar refractivity (Wildman–Crippen MR) is 140 cm³/mol. The Morgan fingerprint density at radius 3 is 2.87 bits per heavy atom. The largest absolute Gasteiger partial charge is 0.453 e. The number of hydrogen-bond donors (Lipinski definition) is 4. The Balaban J connectivity index is 1.72. The number of rotatable bonds is 11. The maximum Gasteiger partial charge on any atom is 0.406 e. The van der Waals surface area contributed by atoms with E-state index in [1.54, 1.807) is 4.90 Å². The van der Waals surface area contributed by atoms with E-state index in [0.29, 0.717) is 38.5 Å². The van der Waals surface area contributed by atoms with Crippen molar-refractivity contribution >= 4 is 23.7 Å². The average molecular weight is 559 g/mol. The van der Waals surface area contributed by atoms with Gasteiger partial charge in [0.15, 0.2) is 5.79 Å². The molecule has 2 fully saturated rings. The third-order valence-electron chi connectivity index (χ3n) is 7.13. The van der Waals surface area contributed by atoms with Crippen molar-refractivity contribution in [2.75, 3.05) is 60.2 Å². The quantitative estimate of drug-likeness (QED) is 0.243. The number of aliphatic hydroxyl groups is 1. The predicted octanol–water partition coefficient (Wildman–Crippen LogP) is 2.82. The summed E-state index contributed by atoms with van der Waals surface area (Å²) in [6.45, 7) is 2.66. The summed E-state index contributed by atoms with van der Waals surface area (Å²) in [5.41, 5.74) is -0.110. The third-order valence-corrected chi connectivity index (χ3v) is 7.42. The van der Waals surface area contributed by atoms with Crippen LogP contribution in [0.2, 0.25) is 5.02 Å². The summed E-state index contributed by atoms with van der Waals surface area (Å²) in [7, 11) is 3.08. The number of nitrogens with one attached hydrogen (secondary N) is 3. The summed E-state index contributed by atoms with van der Waals surface area (Å²) in [4.78, 5) is 26.3. The summed E-state index contributed by atoms with van der Waals surface area (Å²) >= 11 is 6.02. The lowest BCUT2D eigenvalue weighted by atomic mass is 9.85. The van der Waals surface area contributed by atoms with E-state index in [-0.39, 0.29) is 42.4 Å². The molecule has 10 nitrogen and oxygen atoms in total. The molecule has 0 radical (unpaired) electrons. The fraction of sp³-hybridized carbons (Fsp3) is 0.692. The molecule has 2 heterocycles. The zero-order chi connectivity index (χ0) is 27.5. The highest BCUT2D eigenvalue weighted by Crippen LogP contribution is 2.39. The molecule has 1 aromatic carbocycles. The molecule has 0 spiro atoms. The van der Waals surface area contributed by atoms with Gasteiger partial charge in [-0.25, -0.2) is 14.0 Å². The number of piperidine rings is 1. The van der Waals surface area contributed by atoms with Gasteiger partial charge in [0.1, 0.15) is 5.82 Å². The number of benzene rings is 1. The molecule has 1 unspecified atom stereocenters. The van der Waals surface area contributed by atoms with Crippen LogP contribution in [0.1, 0.15) is 37.7 Å². The monoisotopic (exact) mass is 558 g/mol. The molecule has 2 aliphatic rings. The molecule has 3 amide bonds. The van der Waals surface area contributed by atoms with Crippen LogP contribution in [-0.2, 0) is 20.0 Å². The van der Waals surface area contributed by atoms with E-state index in [4.69, 9.17) is 21.1 Å². The van der Waals surface area contributed by atoms with Crippen LogP contribution in [0, 0.1) is 17.7 Å². The Morgan fingerprint density at radius 1 is 1.34 bits per heavy atom. The summed E-state index contributed by atoms with van der Waals surface area (Å²) in [6.07, 6.45) is 3.34. The number of carbonyl (C=O) groups is 2. The molecule has 0 aromatic heterocycles. The number of halogens is 2. The minimum atomic E-state index is -2.07. The van der Waals surface area contributed by atoms with Crippen molar-refractivity contribution in [3.8, 4) is 0 Å². The highest BCUT2D eigenvalue weighted by molar-refractivity contribution is 6.30. The molecule has 2 saturated heterocycles. The van der Waals surface area contributed by atoms with Gasteiger partial charge in [0.25, 0.3) is 0 Å². The van der Waals surface area contributed by atoms with Crippen LogP contribution < -0.4 is 16.0 Å². The molecular formula is C26H40ClFN4O6. The maximum atomic E-state index is 15.1. The first-order valence-corrected chi connectivity index (χ1v) is 13.6. The highest BCUT2D eigenvalue weighted by Gasteiger charge is 2.45. The number of likely N-dealkylation sites (N-methyl/N-ethyl adjacent to an activating group) is 1. The lowest BCUT2D eigenvalue weighted by Crippen LogP contribution is -2.55. The van der Waals surface area contributed by atoms with Crippen LogP contribution in [0.5, 0.6) is 0 Å². The molecule has 0 bridgehead atoms. The van der Waals surface area contributed by atoms with Gasteiger partial charge >= 0.3 is 12.1 Å². The number of hydrogen-bond acceptors (Lipinski definition) is 7. The van der Waals surface area contributed by atoms with Crippen LogP contribution >= 0.6 is 11.6 Å². The van der Waals surface area contributed by atoms with Crippen LogP contribution in [0.3, 0.4) is 0 Å². The van der Waals surface area contributed by atoms with Crippen molar-refractivity contribution in [2.45, 2.75) is 43.9 Å². The van der Waals surface area contributed by atoms with Gasteiger partial charge in [0.05, 0.1) is 18.7 Å². The Hall–Kier alpha value is -2.18. The van der Waals surface area contributed by atoms with E-state index in [2.05, 4.69) is 20.7 Å². The minimum Gasteiger partial charge on any atom is -0.453 e. The Bertz CT molecular complexity index is 922. The van der Waals surface area contributed by atoms with E-state index in [1.807, 2.05) is 7.05 Å². The van der Waals surface area contributed by atoms with Gasteiger partial charge in [-0.1, -0.05) is 23.7 Å². The van der Waals surface area contributed by atoms with E-state index < -0.39 is 23.6 Å². The standard InChI is InChI=1S/C26H40ClFN4O6/c1-29-15-20(14-18-6-5-12-37-17-18)31-24(33)32-11-4-7-19(16-32)26(35,38-13-10-30-25(34)36-2)21-8-3-9-22(27)23(21)28/h3,8-9,18-20,29,35H,4-7,10-17H2,1-2H3,(H,30,34)(H,31,33)/t18?,19-,20+,26-/m1/s1. The van der Waals surface area contributed by atoms with E-state index >= 15 is 4.39 Å². The smallest absolute Gasteiger partial charge is 0.406 e. The molecule has 4 N–H and O–H groups in total. The number of likely N-dealkylation sites (tertiary alicyclic amines) is 1. The normalized spacial score (nSPS) is 22.3. The van der Waals surface area contributed by atoms with E-state index in [9.17, 15) is 14.7 Å². The number of ether oxygens (including phenoxy) is 3. The number of urea groups is 1. The summed E-state index contributed by atoms with van der Waals surface area (Å²) in [5, 5.41) is 20.4. The number of alkyl carbamates (subject to hydrolysis) is 1. The fourth-order valence-corrected chi connectivity index (χ4v) is 5.38. The van der Waals surface area contributed by atoms with Crippen molar-refractivity contribution in [1.82, 2.24) is 20.9 Å². The second-order valence-electron chi connectivity index (χ2n) is 9.87. The Morgan fingerprint density at radius 2 is 2.16 bits per heavy atom. The van der Waals surface area contributed by atoms with E-state index in [1.165, 1.54) is 25.3 Å². The zero-order valence-electron chi connectivity index (χ0n) is 22.1. The van der Waals surface area contributed by atoms with Gasteiger partial charge in [-0.05, 0) is 51.1 Å². The second-order valence-corrected chi connectivity index (χ2v) is 10.3. The molecule has 0 aliphatic carbocycles. The second kappa shape index (κ2) is 14.8. The Labute approximate surface area is 228 Å². The lowest BCUT2D eigenvalue weighted by molar-refractivity contribution is -0.254. The SMILES string of the molecule is CNC[C@H](CC1CCCOC1)NC(=O)N1CCC[C@@H]([C@@](O)(OCCNC(=O)OC)c2cccc(Cl)c2F)C1. The third kappa shape index (κ3) is 8.16. The number of amides is 3. The van der Waals surface area contributed by atoms with Crippen molar-refractivity contribution in [3.63, 3.8) is 0 Å². The van der Waals surface area contributed by atoms with Crippen molar-refractivity contribution in [2.24, 2.45) is 11.8 Å². The number of nitrogens with zero attached hydrogens (tertiary/aromatic N) is 1. The molecule has 0 saturated carbocycles. The van der Waals surface area contributed by atoms with Crippen molar-refractivity contribution < 1.29 is 33.3 Å². The molecule has 12 heteroatoms. The van der Waals surface area contributed by atoms with E-state index in [0.717, 1.165) is 25.9 Å². The zero-order valence-corrected chi connectivity index (χ0v) is 22.9. The average Bonchev–Trinajstić information content (AvgIpc) is 2.93. The summed E-state index contributed by atoms with van der Waals surface area (Å²) < 4.78 is 31.1. The molecule has 3 rings (SSSR count). The number of carbonyl (C=O) groups excluding carboxylic acids is 2. The van der Waals surface area contributed by atoms with Gasteiger partial charge in [-0.15, -0.1) is 0 Å². The first kappa shape index (κ1) is 30.4. The summed E-state index contributed by atoms with van der Waals surface area (Å²) in [5.74, 6) is -3.11. The number of methoxy groups -OCH3 is 1. The van der Waals surface area contributed by atoms with Gasteiger partial charge in [-0.3, -0.25) is 0 Å². The summed E-state index contributed by atoms with van der Waals surface area (Å²) in [6, 6.07) is 4.02. The molecule has 38 heavy (non-hydrogen) atoms. The lowest BCUT2D eigenvalue weighted by Gasteiger charge is -2.42. The highest BCUT2D eigenvalue weighted by atomic mass is 35.5. The minimum absolute atomic E-state index is 0.0324. The van der Waals surface area contributed by atoms with Crippen LogP contribution in [0.4, 0.5) is 14.0 Å². The fourth-order valence-electron chi connectivity index (χ4n) is 5.21. The van der Waals surface area contributed by atoms with Crippen LogP contribution in [0.15, 0.2) is 18.2 Å². The van der Waals surface area contributed by atoms with Gasteiger partial charge in [0.2, 0.25) is 0 Å². The van der Waals surface area contributed by atoms with Gasteiger partial charge in [0, 0.05) is 56.9 Å². The molecular weight excluding hydrogens is 519 g/mol. The van der Waals surface area contributed by atoms with Crippen LogP contribution in [0.25, 0.3) is 0 Å². The van der Waals surface area contributed by atoms with Crippen LogP contribution in [-0.4, -0.2) is 88.3 Å².